The van der Waals surface area contributed by atoms with Gasteiger partial charge in [0.15, 0.2) is 0 Å². The molecule has 1 saturated carbocycles. The van der Waals surface area contributed by atoms with Crippen molar-refractivity contribution < 1.29 is 0 Å². The van der Waals surface area contributed by atoms with Crippen molar-refractivity contribution in [2.75, 3.05) is 0 Å². The van der Waals surface area contributed by atoms with Crippen LogP contribution in [0.25, 0.3) is 11.3 Å². The van der Waals surface area contributed by atoms with E-state index in [0.717, 1.165) is 29.7 Å². The second-order valence-corrected chi connectivity index (χ2v) is 5.66. The molecule has 0 atom stereocenters. The zero-order valence-corrected chi connectivity index (χ0v) is 11.5. The van der Waals surface area contributed by atoms with Crippen molar-refractivity contribution in [3.05, 3.63) is 52.1 Å². The van der Waals surface area contributed by atoms with Gasteiger partial charge in [-0.05, 0) is 42.7 Å². The number of rotatable bonds is 2. The van der Waals surface area contributed by atoms with E-state index >= 15 is 0 Å². The van der Waals surface area contributed by atoms with Gasteiger partial charge in [-0.3, -0.25) is 4.98 Å². The predicted molar refractivity (Wildman–Crippen MR) is 76.2 cm³/mol. The third-order valence-electron chi connectivity index (χ3n) is 3.44. The summed E-state index contributed by atoms with van der Waals surface area (Å²) in [6.45, 7) is 0. The standard InChI is InChI=1S/C15H10Cl2N2/c16-12-5-10(6-13(17)7-12)14-2-1-11(8-19-14)15(9-18)3-4-15/h1-2,5-8H,3-4H2. The molecule has 0 amide bonds. The molecule has 1 aromatic heterocycles. The molecule has 0 radical (unpaired) electrons. The van der Waals surface area contributed by atoms with Crippen LogP contribution in [0, 0.1) is 11.3 Å². The highest BCUT2D eigenvalue weighted by Crippen LogP contribution is 2.47. The first-order valence-electron chi connectivity index (χ1n) is 5.97. The van der Waals surface area contributed by atoms with Crippen LogP contribution in [-0.2, 0) is 5.41 Å². The summed E-state index contributed by atoms with van der Waals surface area (Å²) in [5.74, 6) is 0. The average Bonchev–Trinajstić information content (AvgIpc) is 3.19. The Balaban J connectivity index is 1.97. The highest BCUT2D eigenvalue weighted by atomic mass is 35.5. The maximum absolute atomic E-state index is 9.16. The van der Waals surface area contributed by atoms with Crippen LogP contribution in [0.5, 0.6) is 0 Å². The molecule has 0 saturated heterocycles. The highest BCUT2D eigenvalue weighted by molar-refractivity contribution is 6.35. The molecular weight excluding hydrogens is 279 g/mol. The molecule has 2 aromatic rings. The molecule has 1 aliphatic carbocycles. The summed E-state index contributed by atoms with van der Waals surface area (Å²) in [7, 11) is 0. The third kappa shape index (κ3) is 2.32. The van der Waals surface area contributed by atoms with Gasteiger partial charge >= 0.3 is 0 Å². The molecule has 94 valence electrons. The number of pyridine rings is 1. The van der Waals surface area contributed by atoms with E-state index in [-0.39, 0.29) is 5.41 Å². The van der Waals surface area contributed by atoms with Crippen molar-refractivity contribution >= 4 is 23.2 Å². The summed E-state index contributed by atoms with van der Waals surface area (Å²) in [6.07, 6.45) is 3.63. The zero-order chi connectivity index (χ0) is 13.5. The largest absolute Gasteiger partial charge is 0.256 e. The zero-order valence-electron chi connectivity index (χ0n) is 10.0. The quantitative estimate of drug-likeness (QED) is 0.809. The van der Waals surface area contributed by atoms with Crippen LogP contribution in [0.15, 0.2) is 36.5 Å². The van der Waals surface area contributed by atoms with E-state index < -0.39 is 0 Å². The van der Waals surface area contributed by atoms with Crippen LogP contribution in [0.1, 0.15) is 18.4 Å². The minimum Gasteiger partial charge on any atom is -0.256 e. The van der Waals surface area contributed by atoms with Crippen molar-refractivity contribution in [3.8, 4) is 17.3 Å². The summed E-state index contributed by atoms with van der Waals surface area (Å²) in [5, 5.41) is 10.3. The fourth-order valence-corrected chi connectivity index (χ4v) is 2.67. The van der Waals surface area contributed by atoms with E-state index in [9.17, 15) is 0 Å². The maximum atomic E-state index is 9.16. The predicted octanol–water partition coefficient (Wildman–Crippen LogP) is 4.61. The topological polar surface area (TPSA) is 36.7 Å². The first kappa shape index (κ1) is 12.5. The Morgan fingerprint density at radius 1 is 1.11 bits per heavy atom. The van der Waals surface area contributed by atoms with Crippen LogP contribution < -0.4 is 0 Å². The monoisotopic (exact) mass is 288 g/mol. The number of nitrogens with zero attached hydrogens (tertiary/aromatic N) is 2. The van der Waals surface area contributed by atoms with Gasteiger partial charge in [-0.1, -0.05) is 29.3 Å². The van der Waals surface area contributed by atoms with E-state index in [0.29, 0.717) is 10.0 Å². The summed E-state index contributed by atoms with van der Waals surface area (Å²) in [4.78, 5) is 4.42. The molecule has 0 unspecified atom stereocenters. The lowest BCUT2D eigenvalue weighted by atomic mass is 9.99. The summed E-state index contributed by atoms with van der Waals surface area (Å²) in [5.41, 5.74) is 2.39. The van der Waals surface area contributed by atoms with Crippen LogP contribution in [0.2, 0.25) is 10.0 Å². The van der Waals surface area contributed by atoms with Gasteiger partial charge in [0.1, 0.15) is 0 Å². The molecule has 3 rings (SSSR count). The molecule has 19 heavy (non-hydrogen) atoms. The second kappa shape index (κ2) is 4.52. The first-order chi connectivity index (χ1) is 9.13. The maximum Gasteiger partial charge on any atom is 0.0838 e. The van der Waals surface area contributed by atoms with E-state index in [1.165, 1.54) is 0 Å². The molecule has 0 aliphatic heterocycles. The van der Waals surface area contributed by atoms with E-state index in [1.807, 2.05) is 24.3 Å². The van der Waals surface area contributed by atoms with Gasteiger partial charge in [0.2, 0.25) is 0 Å². The number of hydrogen-bond acceptors (Lipinski definition) is 2. The van der Waals surface area contributed by atoms with Gasteiger partial charge < -0.3 is 0 Å². The number of aromatic nitrogens is 1. The van der Waals surface area contributed by atoms with Crippen LogP contribution in [-0.4, -0.2) is 4.98 Å². The van der Waals surface area contributed by atoms with Crippen LogP contribution in [0.3, 0.4) is 0 Å². The number of halogens is 2. The van der Waals surface area contributed by atoms with Crippen molar-refractivity contribution in [1.82, 2.24) is 4.98 Å². The molecule has 2 nitrogen and oxygen atoms in total. The van der Waals surface area contributed by atoms with E-state index in [4.69, 9.17) is 28.5 Å². The van der Waals surface area contributed by atoms with E-state index in [1.54, 1.807) is 12.3 Å². The molecule has 0 bridgehead atoms. The molecule has 1 fully saturated rings. The Morgan fingerprint density at radius 2 is 1.79 bits per heavy atom. The number of hydrogen-bond donors (Lipinski definition) is 0. The van der Waals surface area contributed by atoms with Gasteiger partial charge in [-0.15, -0.1) is 0 Å². The van der Waals surface area contributed by atoms with Gasteiger partial charge in [-0.25, -0.2) is 0 Å². The molecular formula is C15H10Cl2N2. The van der Waals surface area contributed by atoms with Crippen LogP contribution in [0.4, 0.5) is 0 Å². The summed E-state index contributed by atoms with van der Waals surface area (Å²) in [6, 6.07) is 11.6. The molecule has 1 heterocycles. The Kier molecular flexibility index (Phi) is 2.97. The lowest BCUT2D eigenvalue weighted by Crippen LogP contribution is -2.02. The fourth-order valence-electron chi connectivity index (χ4n) is 2.14. The lowest BCUT2D eigenvalue weighted by Gasteiger charge is -2.07. The van der Waals surface area contributed by atoms with E-state index in [2.05, 4.69) is 11.1 Å². The average molecular weight is 289 g/mol. The Morgan fingerprint density at radius 3 is 2.26 bits per heavy atom. The summed E-state index contributed by atoms with van der Waals surface area (Å²) >= 11 is 12.0. The number of nitriles is 1. The van der Waals surface area contributed by atoms with Crippen molar-refractivity contribution in [2.24, 2.45) is 0 Å². The van der Waals surface area contributed by atoms with Crippen molar-refractivity contribution in [2.45, 2.75) is 18.3 Å². The number of benzene rings is 1. The second-order valence-electron chi connectivity index (χ2n) is 4.78. The van der Waals surface area contributed by atoms with Gasteiger partial charge in [0.05, 0.1) is 17.2 Å². The Labute approximate surface area is 121 Å². The highest BCUT2D eigenvalue weighted by Gasteiger charge is 2.45. The van der Waals surface area contributed by atoms with Gasteiger partial charge in [0, 0.05) is 21.8 Å². The minimum atomic E-state index is -0.294. The first-order valence-corrected chi connectivity index (χ1v) is 6.73. The summed E-state index contributed by atoms with van der Waals surface area (Å²) < 4.78 is 0. The molecule has 0 N–H and O–H groups in total. The third-order valence-corrected chi connectivity index (χ3v) is 3.87. The van der Waals surface area contributed by atoms with Gasteiger partial charge in [-0.2, -0.15) is 5.26 Å². The smallest absolute Gasteiger partial charge is 0.0838 e. The Bertz CT molecular complexity index is 647. The normalized spacial score (nSPS) is 15.8. The molecule has 1 aliphatic rings. The molecule has 4 heteroatoms. The minimum absolute atomic E-state index is 0.294. The molecule has 0 spiro atoms. The fraction of sp³-hybridized carbons (Fsp3) is 0.200. The van der Waals surface area contributed by atoms with Crippen LogP contribution >= 0.6 is 23.2 Å². The SMILES string of the molecule is N#CC1(c2ccc(-c3cc(Cl)cc(Cl)c3)nc2)CC1. The lowest BCUT2D eigenvalue weighted by molar-refractivity contribution is 0.898. The molecule has 1 aromatic carbocycles. The van der Waals surface area contributed by atoms with Crippen molar-refractivity contribution in [3.63, 3.8) is 0 Å². The van der Waals surface area contributed by atoms with Crippen molar-refractivity contribution in [1.29, 1.82) is 5.26 Å². The van der Waals surface area contributed by atoms with Gasteiger partial charge in [0.25, 0.3) is 0 Å². The Hall–Kier alpha value is -1.56.